The first-order chi connectivity index (χ1) is 15.6. The van der Waals surface area contributed by atoms with Gasteiger partial charge >= 0.3 is 0 Å². The van der Waals surface area contributed by atoms with Crippen LogP contribution in [0.25, 0.3) is 0 Å². The zero-order valence-corrected chi connectivity index (χ0v) is 20.0. The van der Waals surface area contributed by atoms with Crippen molar-refractivity contribution in [2.45, 2.75) is 39.2 Å². The van der Waals surface area contributed by atoms with Crippen molar-refractivity contribution in [3.05, 3.63) is 82.4 Å². The van der Waals surface area contributed by atoms with Gasteiger partial charge in [-0.05, 0) is 92.9 Å². The van der Waals surface area contributed by atoms with Crippen molar-refractivity contribution in [2.24, 2.45) is 5.14 Å². The van der Waals surface area contributed by atoms with Crippen molar-refractivity contribution in [1.82, 2.24) is 0 Å². The number of rotatable bonds is 8. The normalized spacial score (nSPS) is 11.2. The zero-order valence-electron chi connectivity index (χ0n) is 19.1. The van der Waals surface area contributed by atoms with Crippen LogP contribution in [0, 0.1) is 20.8 Å². The highest BCUT2D eigenvalue weighted by atomic mass is 32.2. The number of carbonyl (C=O) groups excluding carboxylic acids is 1. The molecule has 0 aliphatic heterocycles. The number of amides is 1. The summed E-state index contributed by atoms with van der Waals surface area (Å²) in [7, 11) is -3.79. The second kappa shape index (κ2) is 10.1. The average Bonchev–Trinajstić information content (AvgIpc) is 2.76. The van der Waals surface area contributed by atoms with Crippen LogP contribution in [-0.2, 0) is 16.6 Å². The number of hydrogen-bond donors (Lipinski definition) is 2. The van der Waals surface area contributed by atoms with Crippen LogP contribution in [0.4, 0.5) is 5.69 Å². The molecule has 0 bridgehead atoms. The molecule has 0 fully saturated rings. The first-order valence-electron chi connectivity index (χ1n) is 10.5. The van der Waals surface area contributed by atoms with Crippen LogP contribution >= 0.6 is 0 Å². The van der Waals surface area contributed by atoms with E-state index < -0.39 is 10.0 Å². The number of benzene rings is 3. The molecule has 0 aromatic heterocycles. The summed E-state index contributed by atoms with van der Waals surface area (Å²) in [6.07, 6.45) is 0. The van der Waals surface area contributed by atoms with E-state index >= 15 is 0 Å². The van der Waals surface area contributed by atoms with Crippen LogP contribution in [0.15, 0.2) is 59.5 Å². The zero-order chi connectivity index (χ0) is 24.2. The van der Waals surface area contributed by atoms with Gasteiger partial charge in [0.1, 0.15) is 18.1 Å². The first kappa shape index (κ1) is 24.3. The van der Waals surface area contributed by atoms with Crippen molar-refractivity contribution in [3.8, 4) is 11.5 Å². The standard InChI is InChI=1S/C25H28N2O5S/c1-5-31-23-11-6-19(25(28)27-21-7-9-22(10-8-21)33(26,29)30)14-20(23)15-32-24-13-16(2)12-17(3)18(24)4/h6-14H,5,15H2,1-4H3,(H,27,28)(H2,26,29,30). The molecule has 7 nitrogen and oxygen atoms in total. The number of anilines is 1. The fourth-order valence-corrected chi connectivity index (χ4v) is 3.88. The topological polar surface area (TPSA) is 108 Å². The maximum Gasteiger partial charge on any atom is 0.255 e. The first-order valence-corrected chi connectivity index (χ1v) is 12.0. The van der Waals surface area contributed by atoms with E-state index in [2.05, 4.69) is 11.4 Å². The smallest absolute Gasteiger partial charge is 0.255 e. The molecule has 1 amide bonds. The quantitative estimate of drug-likeness (QED) is 0.506. The Kier molecular flexibility index (Phi) is 7.40. The molecule has 0 aliphatic rings. The van der Waals surface area contributed by atoms with E-state index in [9.17, 15) is 13.2 Å². The third-order valence-electron chi connectivity index (χ3n) is 5.21. The molecule has 0 atom stereocenters. The van der Waals surface area contributed by atoms with Crippen molar-refractivity contribution in [3.63, 3.8) is 0 Å². The summed E-state index contributed by atoms with van der Waals surface area (Å²) in [5.41, 5.74) is 4.94. The second-order valence-electron chi connectivity index (χ2n) is 7.77. The summed E-state index contributed by atoms with van der Waals surface area (Å²) in [4.78, 5) is 12.8. The van der Waals surface area contributed by atoms with Gasteiger partial charge in [0.2, 0.25) is 10.0 Å². The van der Waals surface area contributed by atoms with Crippen molar-refractivity contribution in [1.29, 1.82) is 0 Å². The molecule has 33 heavy (non-hydrogen) atoms. The number of hydrogen-bond acceptors (Lipinski definition) is 5. The van der Waals surface area contributed by atoms with E-state index in [1.165, 1.54) is 24.3 Å². The predicted octanol–water partition coefficient (Wildman–Crippen LogP) is 4.49. The highest BCUT2D eigenvalue weighted by molar-refractivity contribution is 7.89. The van der Waals surface area contributed by atoms with Gasteiger partial charge < -0.3 is 14.8 Å². The molecule has 0 radical (unpaired) electrons. The summed E-state index contributed by atoms with van der Waals surface area (Å²) >= 11 is 0. The van der Waals surface area contributed by atoms with E-state index in [-0.39, 0.29) is 17.4 Å². The molecule has 8 heteroatoms. The predicted molar refractivity (Wildman–Crippen MR) is 128 cm³/mol. The van der Waals surface area contributed by atoms with Gasteiger partial charge in [0.05, 0.1) is 11.5 Å². The van der Waals surface area contributed by atoms with Crippen LogP contribution < -0.4 is 19.9 Å². The Hall–Kier alpha value is -3.36. The largest absolute Gasteiger partial charge is 0.493 e. The molecule has 3 rings (SSSR count). The Morgan fingerprint density at radius 2 is 1.64 bits per heavy atom. The molecule has 0 saturated heterocycles. The number of sulfonamides is 1. The lowest BCUT2D eigenvalue weighted by Gasteiger charge is -2.16. The number of aryl methyl sites for hydroxylation is 2. The fraction of sp³-hybridized carbons (Fsp3) is 0.240. The Balaban J connectivity index is 1.81. The number of primary sulfonamides is 1. The highest BCUT2D eigenvalue weighted by Gasteiger charge is 2.14. The molecule has 0 aliphatic carbocycles. The molecule has 0 saturated carbocycles. The third kappa shape index (κ3) is 6.12. The molecular weight excluding hydrogens is 440 g/mol. The number of nitrogens with one attached hydrogen (secondary N) is 1. The molecule has 174 valence electrons. The Morgan fingerprint density at radius 1 is 0.939 bits per heavy atom. The van der Waals surface area contributed by atoms with Crippen molar-refractivity contribution < 1.29 is 22.7 Å². The van der Waals surface area contributed by atoms with Crippen LogP contribution in [-0.4, -0.2) is 20.9 Å². The highest BCUT2D eigenvalue weighted by Crippen LogP contribution is 2.27. The van der Waals surface area contributed by atoms with E-state index in [0.29, 0.717) is 23.6 Å². The van der Waals surface area contributed by atoms with Gasteiger partial charge in [-0.25, -0.2) is 13.6 Å². The maximum absolute atomic E-state index is 12.8. The number of carbonyl (C=O) groups is 1. The summed E-state index contributed by atoms with van der Waals surface area (Å²) in [6.45, 7) is 8.69. The summed E-state index contributed by atoms with van der Waals surface area (Å²) in [5, 5.41) is 7.87. The number of ether oxygens (including phenoxy) is 2. The van der Waals surface area contributed by atoms with Gasteiger partial charge in [-0.2, -0.15) is 0 Å². The second-order valence-corrected chi connectivity index (χ2v) is 9.33. The minimum absolute atomic E-state index is 0.0253. The molecule has 3 N–H and O–H groups in total. The Morgan fingerprint density at radius 3 is 2.27 bits per heavy atom. The van der Waals surface area contributed by atoms with Gasteiger partial charge in [-0.3, -0.25) is 4.79 Å². The SMILES string of the molecule is CCOc1ccc(C(=O)Nc2ccc(S(N)(=O)=O)cc2)cc1COc1cc(C)cc(C)c1C. The molecule has 0 heterocycles. The average molecular weight is 469 g/mol. The van der Waals surface area contributed by atoms with Crippen LogP contribution in [0.1, 0.15) is 39.5 Å². The van der Waals surface area contributed by atoms with Gasteiger partial charge in [0.25, 0.3) is 5.91 Å². The Bertz CT molecular complexity index is 1270. The molecule has 0 unspecified atom stereocenters. The van der Waals surface area contributed by atoms with E-state index in [1.54, 1.807) is 18.2 Å². The lowest BCUT2D eigenvalue weighted by atomic mass is 10.1. The summed E-state index contributed by atoms with van der Waals surface area (Å²) in [5.74, 6) is 1.10. The van der Waals surface area contributed by atoms with Crippen molar-refractivity contribution >= 4 is 21.6 Å². The van der Waals surface area contributed by atoms with Gasteiger partial charge in [-0.15, -0.1) is 0 Å². The van der Waals surface area contributed by atoms with Crippen molar-refractivity contribution in [2.75, 3.05) is 11.9 Å². The molecule has 3 aromatic carbocycles. The van der Waals surface area contributed by atoms with E-state index in [4.69, 9.17) is 14.6 Å². The van der Waals surface area contributed by atoms with Crippen LogP contribution in [0.3, 0.4) is 0 Å². The summed E-state index contributed by atoms with van der Waals surface area (Å²) < 4.78 is 34.6. The maximum atomic E-state index is 12.8. The fourth-order valence-electron chi connectivity index (χ4n) is 3.37. The third-order valence-corrected chi connectivity index (χ3v) is 6.14. The van der Waals surface area contributed by atoms with Gasteiger partial charge in [0.15, 0.2) is 0 Å². The van der Waals surface area contributed by atoms with Crippen LogP contribution in [0.2, 0.25) is 0 Å². The van der Waals surface area contributed by atoms with Gasteiger partial charge in [0, 0.05) is 16.8 Å². The lowest BCUT2D eigenvalue weighted by molar-refractivity contribution is 0.102. The van der Waals surface area contributed by atoms with Crippen LogP contribution in [0.5, 0.6) is 11.5 Å². The van der Waals surface area contributed by atoms with E-state index in [0.717, 1.165) is 28.0 Å². The molecular formula is C25H28N2O5S. The van der Waals surface area contributed by atoms with E-state index in [1.807, 2.05) is 33.8 Å². The van der Waals surface area contributed by atoms with Gasteiger partial charge in [-0.1, -0.05) is 6.07 Å². The lowest BCUT2D eigenvalue weighted by Crippen LogP contribution is -2.14. The molecule has 3 aromatic rings. The molecule has 0 spiro atoms. The number of nitrogens with two attached hydrogens (primary N) is 1. The summed E-state index contributed by atoms with van der Waals surface area (Å²) in [6, 6.07) is 14.9. The minimum Gasteiger partial charge on any atom is -0.493 e. The monoisotopic (exact) mass is 468 g/mol. The minimum atomic E-state index is -3.79. The Labute approximate surface area is 194 Å².